The number of hydrogen-bond acceptors (Lipinski definition) is 3. The minimum Gasteiger partial charge on any atom is -0.354 e. The summed E-state index contributed by atoms with van der Waals surface area (Å²) in [5.74, 6) is 0.792. The second-order valence-electron chi connectivity index (χ2n) is 6.52. The van der Waals surface area contributed by atoms with Crippen molar-refractivity contribution in [2.45, 2.75) is 51.1 Å². The summed E-state index contributed by atoms with van der Waals surface area (Å²) >= 11 is 0. The normalized spacial score (nSPS) is 26.5. The lowest BCUT2D eigenvalue weighted by atomic mass is 9.85. The van der Waals surface area contributed by atoms with Gasteiger partial charge in [0.25, 0.3) is 5.91 Å². The van der Waals surface area contributed by atoms with Crippen LogP contribution in [0.15, 0.2) is 18.2 Å². The van der Waals surface area contributed by atoms with Crippen molar-refractivity contribution >= 4 is 17.8 Å². The zero-order valence-corrected chi connectivity index (χ0v) is 13.7. The summed E-state index contributed by atoms with van der Waals surface area (Å²) in [5.41, 5.74) is 0.301. The van der Waals surface area contributed by atoms with Gasteiger partial charge in [-0.3, -0.25) is 10.1 Å². The number of nitrogens with one attached hydrogen (secondary N) is 2. The van der Waals surface area contributed by atoms with Crippen LogP contribution >= 0.6 is 0 Å². The third kappa shape index (κ3) is 3.16. The number of carbonyl (C=O) groups is 2. The minimum atomic E-state index is -0.261. The van der Waals surface area contributed by atoms with Gasteiger partial charge in [0, 0.05) is 19.1 Å². The summed E-state index contributed by atoms with van der Waals surface area (Å²) in [6.45, 7) is 2.12. The predicted octanol–water partition coefficient (Wildman–Crippen LogP) is 2.63. The lowest BCUT2D eigenvalue weighted by Gasteiger charge is -2.33. The van der Waals surface area contributed by atoms with Crippen LogP contribution in [0.5, 0.6) is 0 Å². The Morgan fingerprint density at radius 2 is 2.04 bits per heavy atom. The molecule has 1 aliphatic heterocycles. The number of aromatic nitrogens is 1. The first-order valence-corrected chi connectivity index (χ1v) is 8.38. The zero-order chi connectivity index (χ0) is 16.4. The molecule has 1 aromatic heterocycles. The SMILES string of the molecule is CNC(=O)c1cccc(NC(=O)N2[C@H](C)C[C@@H]3CCCC[C@H]32)n1. The van der Waals surface area contributed by atoms with E-state index in [4.69, 9.17) is 0 Å². The van der Waals surface area contributed by atoms with Crippen LogP contribution in [-0.2, 0) is 0 Å². The van der Waals surface area contributed by atoms with E-state index in [-0.39, 0.29) is 18.0 Å². The number of pyridine rings is 1. The van der Waals surface area contributed by atoms with Gasteiger partial charge in [-0.05, 0) is 44.2 Å². The van der Waals surface area contributed by atoms with E-state index in [0.29, 0.717) is 23.5 Å². The van der Waals surface area contributed by atoms with E-state index in [1.54, 1.807) is 25.2 Å². The van der Waals surface area contributed by atoms with Crippen LogP contribution < -0.4 is 10.6 Å². The second kappa shape index (κ2) is 6.56. The molecule has 1 aliphatic carbocycles. The molecule has 2 N–H and O–H groups in total. The topological polar surface area (TPSA) is 74.3 Å². The Morgan fingerprint density at radius 1 is 1.26 bits per heavy atom. The molecule has 23 heavy (non-hydrogen) atoms. The average molecular weight is 316 g/mol. The van der Waals surface area contributed by atoms with Gasteiger partial charge in [0.2, 0.25) is 0 Å². The van der Waals surface area contributed by atoms with E-state index in [9.17, 15) is 9.59 Å². The van der Waals surface area contributed by atoms with Crippen molar-refractivity contribution in [3.8, 4) is 0 Å². The van der Waals surface area contributed by atoms with Gasteiger partial charge in [0.15, 0.2) is 0 Å². The average Bonchev–Trinajstić information content (AvgIpc) is 2.90. The molecule has 1 saturated carbocycles. The molecule has 0 unspecified atom stereocenters. The van der Waals surface area contributed by atoms with Crippen LogP contribution in [0.4, 0.5) is 10.6 Å². The Morgan fingerprint density at radius 3 is 2.83 bits per heavy atom. The third-order valence-corrected chi connectivity index (χ3v) is 5.02. The lowest BCUT2D eigenvalue weighted by Crippen LogP contribution is -2.44. The maximum Gasteiger partial charge on any atom is 0.323 e. The van der Waals surface area contributed by atoms with Crippen LogP contribution in [0, 0.1) is 5.92 Å². The molecule has 6 nitrogen and oxygen atoms in total. The maximum atomic E-state index is 12.7. The van der Waals surface area contributed by atoms with Crippen molar-refractivity contribution in [2.75, 3.05) is 12.4 Å². The molecule has 124 valence electrons. The van der Waals surface area contributed by atoms with E-state index in [1.165, 1.54) is 19.3 Å². The second-order valence-corrected chi connectivity index (χ2v) is 6.52. The predicted molar refractivity (Wildman–Crippen MR) is 88.3 cm³/mol. The first-order valence-electron chi connectivity index (χ1n) is 8.38. The fourth-order valence-corrected chi connectivity index (χ4v) is 3.99. The molecule has 0 aromatic carbocycles. The van der Waals surface area contributed by atoms with Gasteiger partial charge in [0.1, 0.15) is 11.5 Å². The highest BCUT2D eigenvalue weighted by Crippen LogP contribution is 2.39. The molecule has 1 saturated heterocycles. The number of amides is 3. The Labute approximate surface area is 136 Å². The van der Waals surface area contributed by atoms with Crippen molar-refractivity contribution in [1.29, 1.82) is 0 Å². The third-order valence-electron chi connectivity index (χ3n) is 5.02. The first-order chi connectivity index (χ1) is 11.1. The van der Waals surface area contributed by atoms with Gasteiger partial charge in [-0.1, -0.05) is 18.9 Å². The highest BCUT2D eigenvalue weighted by molar-refractivity contribution is 5.93. The number of anilines is 1. The van der Waals surface area contributed by atoms with Crippen LogP contribution in [-0.4, -0.2) is 41.0 Å². The van der Waals surface area contributed by atoms with Crippen molar-refractivity contribution in [3.63, 3.8) is 0 Å². The fraction of sp³-hybridized carbons (Fsp3) is 0.588. The number of fused-ring (bicyclic) bond motifs is 1. The molecule has 2 aliphatic rings. The number of carbonyl (C=O) groups excluding carboxylic acids is 2. The summed E-state index contributed by atoms with van der Waals surface area (Å²) in [6, 6.07) is 5.57. The van der Waals surface area contributed by atoms with Crippen LogP contribution in [0.2, 0.25) is 0 Å². The van der Waals surface area contributed by atoms with Gasteiger partial charge < -0.3 is 10.2 Å². The monoisotopic (exact) mass is 316 g/mol. The number of likely N-dealkylation sites (tertiary alicyclic amines) is 1. The molecule has 3 atom stereocenters. The molecule has 0 radical (unpaired) electrons. The smallest absolute Gasteiger partial charge is 0.323 e. The Bertz CT molecular complexity index is 604. The molecule has 3 rings (SSSR count). The molecule has 0 spiro atoms. The largest absolute Gasteiger partial charge is 0.354 e. The van der Waals surface area contributed by atoms with Crippen molar-refractivity contribution < 1.29 is 9.59 Å². The quantitative estimate of drug-likeness (QED) is 0.881. The first kappa shape index (κ1) is 15.8. The standard InChI is InChI=1S/C17H24N4O2/c1-11-10-12-6-3-4-8-14(12)21(11)17(23)20-15-9-5-7-13(19-15)16(22)18-2/h5,7,9,11-12,14H,3-4,6,8,10H2,1-2H3,(H,18,22)(H,19,20,23)/t11-,12+,14-/m1/s1. The number of urea groups is 1. The van der Waals surface area contributed by atoms with E-state index < -0.39 is 0 Å². The maximum absolute atomic E-state index is 12.7. The number of hydrogen-bond donors (Lipinski definition) is 2. The molecule has 2 fully saturated rings. The van der Waals surface area contributed by atoms with Crippen molar-refractivity contribution in [3.05, 3.63) is 23.9 Å². The fourth-order valence-electron chi connectivity index (χ4n) is 3.99. The summed E-state index contributed by atoms with van der Waals surface area (Å²) in [5, 5.41) is 5.40. The van der Waals surface area contributed by atoms with Gasteiger partial charge in [-0.2, -0.15) is 0 Å². The van der Waals surface area contributed by atoms with E-state index in [1.807, 2.05) is 4.90 Å². The molecule has 1 aromatic rings. The Balaban J connectivity index is 1.72. The van der Waals surface area contributed by atoms with Gasteiger partial charge in [0.05, 0.1) is 0 Å². The molecule has 0 bridgehead atoms. The molecule has 3 amide bonds. The minimum absolute atomic E-state index is 0.103. The molecular weight excluding hydrogens is 292 g/mol. The van der Waals surface area contributed by atoms with Gasteiger partial charge in [-0.15, -0.1) is 0 Å². The van der Waals surface area contributed by atoms with E-state index in [0.717, 1.165) is 12.8 Å². The summed E-state index contributed by atoms with van der Waals surface area (Å²) in [6.07, 6.45) is 5.88. The lowest BCUT2D eigenvalue weighted by molar-refractivity contribution is 0.0958. The van der Waals surface area contributed by atoms with E-state index >= 15 is 0 Å². The van der Waals surface area contributed by atoms with E-state index in [2.05, 4.69) is 22.5 Å². The Hall–Kier alpha value is -2.11. The molecule has 6 heteroatoms. The molecular formula is C17H24N4O2. The highest BCUT2D eigenvalue weighted by atomic mass is 16.2. The van der Waals surface area contributed by atoms with Crippen LogP contribution in [0.3, 0.4) is 0 Å². The number of rotatable bonds is 2. The Kier molecular flexibility index (Phi) is 4.50. The summed E-state index contributed by atoms with van der Waals surface area (Å²) in [4.78, 5) is 30.6. The molecule has 2 heterocycles. The van der Waals surface area contributed by atoms with Crippen molar-refractivity contribution in [2.24, 2.45) is 5.92 Å². The van der Waals surface area contributed by atoms with Crippen molar-refractivity contribution in [1.82, 2.24) is 15.2 Å². The van der Waals surface area contributed by atoms with Gasteiger partial charge in [-0.25, -0.2) is 9.78 Å². The van der Waals surface area contributed by atoms with Crippen LogP contribution in [0.25, 0.3) is 0 Å². The summed E-state index contributed by atoms with van der Waals surface area (Å²) in [7, 11) is 1.56. The van der Waals surface area contributed by atoms with Crippen LogP contribution in [0.1, 0.15) is 49.5 Å². The number of nitrogens with zero attached hydrogens (tertiary/aromatic N) is 2. The zero-order valence-electron chi connectivity index (χ0n) is 13.7. The highest BCUT2D eigenvalue weighted by Gasteiger charge is 2.42. The summed E-state index contributed by atoms with van der Waals surface area (Å²) < 4.78 is 0. The van der Waals surface area contributed by atoms with Gasteiger partial charge >= 0.3 is 6.03 Å².